The third-order valence-electron chi connectivity index (χ3n) is 12.5. The van der Waals surface area contributed by atoms with Crippen molar-refractivity contribution >= 4 is 0 Å². The van der Waals surface area contributed by atoms with E-state index in [1.54, 1.807) is 28.4 Å². The Morgan fingerprint density at radius 3 is 0.915 bits per heavy atom. The van der Waals surface area contributed by atoms with Crippen LogP contribution in [0.3, 0.4) is 0 Å². The zero-order valence-electron chi connectivity index (χ0n) is 41.2. The first kappa shape index (κ1) is 47.4. The highest BCUT2D eigenvalue weighted by Crippen LogP contribution is 2.49. The van der Waals surface area contributed by atoms with Gasteiger partial charge in [-0.05, 0) is 223 Å². The molecule has 71 heavy (non-hydrogen) atoms. The fourth-order valence-electron chi connectivity index (χ4n) is 8.77. The van der Waals surface area contributed by atoms with Gasteiger partial charge in [0.25, 0.3) is 0 Å². The summed E-state index contributed by atoms with van der Waals surface area (Å²) in [6.07, 6.45) is 0. The van der Waals surface area contributed by atoms with Gasteiger partial charge in [0.15, 0.2) is 0 Å². The fourth-order valence-corrected chi connectivity index (χ4v) is 8.77. The Bertz CT molecular complexity index is 3050. The smallest absolute Gasteiger partial charge is 0.134 e. The maximum absolute atomic E-state index is 7.04. The second kappa shape index (κ2) is 21.3. The molecule has 0 fully saturated rings. The van der Waals surface area contributed by atoms with Gasteiger partial charge in [-0.1, -0.05) is 42.5 Å². The summed E-state index contributed by atoms with van der Waals surface area (Å²) in [7, 11) is 6.63. The van der Waals surface area contributed by atoms with E-state index in [1.165, 1.54) is 0 Å². The van der Waals surface area contributed by atoms with Crippen molar-refractivity contribution < 1.29 is 37.9 Å². The zero-order valence-corrected chi connectivity index (χ0v) is 41.2. The van der Waals surface area contributed by atoms with Crippen molar-refractivity contribution in [3.05, 3.63) is 227 Å². The lowest BCUT2D eigenvalue weighted by atomic mass is 9.80. The van der Waals surface area contributed by atoms with Gasteiger partial charge in [0.1, 0.15) is 69.0 Å². The molecule has 8 nitrogen and oxygen atoms in total. The minimum atomic E-state index is -0.396. The molecular formula is C63H56O8. The van der Waals surface area contributed by atoms with E-state index in [9.17, 15) is 0 Å². The molecule has 9 aromatic rings. The highest BCUT2D eigenvalue weighted by atomic mass is 16.5. The minimum absolute atomic E-state index is 0.396. The van der Waals surface area contributed by atoms with E-state index in [4.69, 9.17) is 37.9 Å². The molecule has 356 valence electrons. The summed E-state index contributed by atoms with van der Waals surface area (Å²) in [6.45, 7) is 8.36. The molecule has 0 aromatic heterocycles. The summed E-state index contributed by atoms with van der Waals surface area (Å²) in [5.41, 5.74) is 11.0. The summed E-state index contributed by atoms with van der Waals surface area (Å²) in [6, 6.07) is 62.7. The quantitative estimate of drug-likeness (QED) is 0.0836. The van der Waals surface area contributed by atoms with Gasteiger partial charge in [-0.15, -0.1) is 0 Å². The molecule has 0 aliphatic rings. The van der Waals surface area contributed by atoms with Gasteiger partial charge in [0, 0.05) is 17.0 Å². The number of benzene rings is 9. The van der Waals surface area contributed by atoms with E-state index in [1.807, 2.05) is 115 Å². The van der Waals surface area contributed by atoms with Crippen LogP contribution in [0.1, 0.15) is 44.9 Å². The maximum atomic E-state index is 7.04. The van der Waals surface area contributed by atoms with Crippen molar-refractivity contribution in [2.45, 2.75) is 33.6 Å². The molecule has 0 atom stereocenters. The summed E-state index contributed by atoms with van der Waals surface area (Å²) >= 11 is 0. The van der Waals surface area contributed by atoms with Crippen LogP contribution in [0.2, 0.25) is 0 Å². The first-order valence-electron chi connectivity index (χ1n) is 23.4. The van der Waals surface area contributed by atoms with E-state index in [-0.39, 0.29) is 0 Å². The van der Waals surface area contributed by atoms with E-state index in [0.29, 0.717) is 11.5 Å². The maximum Gasteiger partial charge on any atom is 0.134 e. The van der Waals surface area contributed by atoms with Crippen molar-refractivity contribution in [3.63, 3.8) is 0 Å². The normalized spacial score (nSPS) is 10.9. The average Bonchev–Trinajstić information content (AvgIpc) is 3.40. The van der Waals surface area contributed by atoms with E-state index >= 15 is 0 Å². The Morgan fingerprint density at radius 2 is 0.592 bits per heavy atom. The number of rotatable bonds is 17. The molecule has 8 heteroatoms. The van der Waals surface area contributed by atoms with Crippen LogP contribution in [0.4, 0.5) is 0 Å². The van der Waals surface area contributed by atoms with Crippen LogP contribution in [0.5, 0.6) is 69.0 Å². The van der Waals surface area contributed by atoms with Gasteiger partial charge < -0.3 is 37.9 Å². The number of hydrogen-bond acceptors (Lipinski definition) is 8. The van der Waals surface area contributed by atoms with E-state index in [2.05, 4.69) is 100 Å². The second-order valence-corrected chi connectivity index (χ2v) is 17.3. The Hall–Kier alpha value is -8.62. The van der Waals surface area contributed by atoms with Gasteiger partial charge in [0.05, 0.1) is 28.4 Å². The van der Waals surface area contributed by atoms with Crippen molar-refractivity contribution in [1.29, 1.82) is 0 Å². The predicted molar refractivity (Wildman–Crippen MR) is 282 cm³/mol. The van der Waals surface area contributed by atoms with Gasteiger partial charge in [-0.25, -0.2) is 0 Å². The molecule has 0 unspecified atom stereocenters. The topological polar surface area (TPSA) is 73.8 Å². The zero-order chi connectivity index (χ0) is 49.4. The molecule has 9 rings (SSSR count). The van der Waals surface area contributed by atoms with Crippen LogP contribution < -0.4 is 37.9 Å². The van der Waals surface area contributed by atoms with Crippen LogP contribution in [0.15, 0.2) is 188 Å². The molecule has 0 amide bonds. The third-order valence-corrected chi connectivity index (χ3v) is 12.5. The number of hydrogen-bond donors (Lipinski definition) is 0. The Labute approximate surface area is 416 Å². The lowest BCUT2D eigenvalue weighted by Gasteiger charge is -2.27. The van der Waals surface area contributed by atoms with Crippen LogP contribution in [0.25, 0.3) is 22.3 Å². The van der Waals surface area contributed by atoms with E-state index < -0.39 is 5.92 Å². The third kappa shape index (κ3) is 10.8. The molecule has 0 aliphatic carbocycles. The van der Waals surface area contributed by atoms with Gasteiger partial charge in [-0.3, -0.25) is 0 Å². The summed E-state index contributed by atoms with van der Waals surface area (Å²) in [5.74, 6) is 8.43. The van der Waals surface area contributed by atoms with Crippen molar-refractivity contribution in [3.8, 4) is 91.2 Å². The Kier molecular flexibility index (Phi) is 14.3. The molecule has 0 heterocycles. The molecule has 0 aliphatic heterocycles. The summed E-state index contributed by atoms with van der Waals surface area (Å²) < 4.78 is 48.6. The SMILES string of the molecule is COc1ccc(Oc2ccc(-c3cc(C)c(Oc4ccc(OC)cc4)c(C(c4ccccc4)c4cc(-c5ccc(Oc6ccc(OC)cc6)c(C)c5)cc(C)c4Oc4ccc(OC)cc4)c3)cc2C)cc1. The van der Waals surface area contributed by atoms with Crippen molar-refractivity contribution in [1.82, 2.24) is 0 Å². The largest absolute Gasteiger partial charge is 0.497 e. The lowest BCUT2D eigenvalue weighted by molar-refractivity contribution is 0.412. The Morgan fingerprint density at radius 1 is 0.282 bits per heavy atom. The standard InChI is InChI=1S/C63H56O8/c1-40-34-45(14-32-59(40)68-53-24-16-49(64-5)17-25-53)47-36-42(3)62(70-55-28-20-51(66-7)21-29-55)57(38-47)61(44-12-10-9-11-13-44)58-39-48(37-43(4)63(58)71-56-30-22-52(67-8)23-31-56)46-15-33-60(41(2)35-46)69-54-26-18-50(65-6)19-27-54/h9-39,61H,1-8H3. The van der Waals surface area contributed by atoms with Crippen LogP contribution in [-0.4, -0.2) is 28.4 Å². The van der Waals surface area contributed by atoms with Crippen LogP contribution in [0, 0.1) is 27.7 Å². The van der Waals surface area contributed by atoms with Crippen molar-refractivity contribution in [2.75, 3.05) is 28.4 Å². The minimum Gasteiger partial charge on any atom is -0.497 e. The molecule has 0 saturated heterocycles. The lowest BCUT2D eigenvalue weighted by Crippen LogP contribution is -2.10. The number of aryl methyl sites for hydroxylation is 4. The highest BCUT2D eigenvalue weighted by molar-refractivity contribution is 5.74. The van der Waals surface area contributed by atoms with Crippen LogP contribution >= 0.6 is 0 Å². The Balaban J connectivity index is 1.22. The fraction of sp³-hybridized carbons (Fsp3) is 0.143. The van der Waals surface area contributed by atoms with Crippen LogP contribution in [-0.2, 0) is 0 Å². The van der Waals surface area contributed by atoms with Crippen molar-refractivity contribution in [2.24, 2.45) is 0 Å². The van der Waals surface area contributed by atoms with Gasteiger partial charge in [-0.2, -0.15) is 0 Å². The average molecular weight is 941 g/mol. The monoisotopic (exact) mass is 940 g/mol. The first-order chi connectivity index (χ1) is 34.6. The molecule has 0 spiro atoms. The predicted octanol–water partition coefficient (Wildman–Crippen LogP) is 16.6. The molecule has 0 N–H and O–H groups in total. The number of methoxy groups -OCH3 is 4. The highest BCUT2D eigenvalue weighted by Gasteiger charge is 2.29. The van der Waals surface area contributed by atoms with Gasteiger partial charge >= 0.3 is 0 Å². The first-order valence-corrected chi connectivity index (χ1v) is 23.4. The molecule has 9 aromatic carbocycles. The molecule has 0 saturated carbocycles. The molecule has 0 radical (unpaired) electrons. The summed E-state index contributed by atoms with van der Waals surface area (Å²) in [5, 5.41) is 0. The molecular weight excluding hydrogens is 885 g/mol. The van der Waals surface area contributed by atoms with E-state index in [0.717, 1.165) is 119 Å². The van der Waals surface area contributed by atoms with Gasteiger partial charge in [0.2, 0.25) is 0 Å². The second-order valence-electron chi connectivity index (χ2n) is 17.3. The number of ether oxygens (including phenoxy) is 8. The molecule has 0 bridgehead atoms. The summed E-state index contributed by atoms with van der Waals surface area (Å²) in [4.78, 5) is 0.